The van der Waals surface area contributed by atoms with E-state index in [2.05, 4.69) is 13.8 Å². The lowest BCUT2D eigenvalue weighted by molar-refractivity contribution is -0.140. The van der Waals surface area contributed by atoms with Crippen LogP contribution in [0.4, 0.5) is 0 Å². The number of ether oxygens (including phenoxy) is 2. The van der Waals surface area contributed by atoms with E-state index in [0.717, 1.165) is 62.2 Å². The van der Waals surface area contributed by atoms with E-state index in [9.17, 15) is 4.79 Å². The molecule has 0 amide bonds. The molecule has 2 aliphatic rings. The lowest BCUT2D eigenvalue weighted by Crippen LogP contribution is -2.25. The second-order valence-corrected chi connectivity index (χ2v) is 11.0. The molecule has 3 nitrogen and oxygen atoms in total. The van der Waals surface area contributed by atoms with Crippen molar-refractivity contribution in [3.05, 3.63) is 24.3 Å². The predicted octanol–water partition coefficient (Wildman–Crippen LogP) is 9.13. The Balaban J connectivity index is 1.32. The molecule has 3 heteroatoms. The number of carbonyl (C=O) groups excluding carboxylic acids is 1. The van der Waals surface area contributed by atoms with Gasteiger partial charge in [-0.05, 0) is 80.5 Å². The van der Waals surface area contributed by atoms with Gasteiger partial charge in [-0.15, -0.1) is 0 Å². The molecule has 2 saturated carbocycles. The highest BCUT2D eigenvalue weighted by Crippen LogP contribution is 2.36. The maximum Gasteiger partial charge on any atom is 0.314 e. The lowest BCUT2D eigenvalue weighted by atomic mass is 9.74. The molecule has 2 fully saturated rings. The van der Waals surface area contributed by atoms with Gasteiger partial charge in [0.05, 0.1) is 12.5 Å². The van der Waals surface area contributed by atoms with Crippen LogP contribution in [0.25, 0.3) is 0 Å². The minimum atomic E-state index is -0.0596. The van der Waals surface area contributed by atoms with Crippen LogP contribution in [0.3, 0.4) is 0 Å². The van der Waals surface area contributed by atoms with Crippen LogP contribution in [0, 0.1) is 23.7 Å². The molecular weight excluding hydrogens is 420 g/mol. The average molecular weight is 471 g/mol. The van der Waals surface area contributed by atoms with Crippen molar-refractivity contribution >= 4 is 5.97 Å². The van der Waals surface area contributed by atoms with Crippen LogP contribution in [-0.2, 0) is 4.79 Å². The van der Waals surface area contributed by atoms with Gasteiger partial charge in [0, 0.05) is 0 Å². The Morgan fingerprint density at radius 2 is 1.38 bits per heavy atom. The Hall–Kier alpha value is -1.51. The van der Waals surface area contributed by atoms with Crippen LogP contribution in [-0.4, -0.2) is 12.6 Å². The highest BCUT2D eigenvalue weighted by molar-refractivity contribution is 5.75. The summed E-state index contributed by atoms with van der Waals surface area (Å²) in [5.74, 6) is 4.16. The zero-order valence-electron chi connectivity index (χ0n) is 22.1. The van der Waals surface area contributed by atoms with Crippen LogP contribution >= 0.6 is 0 Å². The Morgan fingerprint density at radius 3 is 2.03 bits per heavy atom. The Kier molecular flexibility index (Phi) is 12.3. The molecule has 2 aliphatic carbocycles. The maximum atomic E-state index is 12.5. The molecule has 0 spiro atoms. The summed E-state index contributed by atoms with van der Waals surface area (Å²) in [6, 6.07) is 7.63. The van der Waals surface area contributed by atoms with Crippen molar-refractivity contribution in [2.24, 2.45) is 23.7 Å². The molecule has 0 radical (unpaired) electrons. The number of rotatable bonds is 14. The number of hydrogen-bond acceptors (Lipinski definition) is 3. The molecule has 0 heterocycles. The minimum absolute atomic E-state index is 0.0596. The van der Waals surface area contributed by atoms with Gasteiger partial charge < -0.3 is 9.47 Å². The molecule has 1 aromatic rings. The fraction of sp³-hybridized carbons (Fsp3) is 0.774. The summed E-state index contributed by atoms with van der Waals surface area (Å²) in [5, 5.41) is 0. The molecule has 0 aliphatic heterocycles. The summed E-state index contributed by atoms with van der Waals surface area (Å²) in [7, 11) is 0. The molecule has 0 aromatic heterocycles. The Morgan fingerprint density at radius 1 is 0.765 bits per heavy atom. The average Bonchev–Trinajstić information content (AvgIpc) is 2.88. The van der Waals surface area contributed by atoms with E-state index < -0.39 is 0 Å². The van der Waals surface area contributed by atoms with Crippen LogP contribution in [0.15, 0.2) is 24.3 Å². The molecule has 0 bridgehead atoms. The third-order valence-electron chi connectivity index (χ3n) is 8.53. The first kappa shape index (κ1) is 27.1. The van der Waals surface area contributed by atoms with Crippen LogP contribution in [0.1, 0.15) is 123 Å². The van der Waals surface area contributed by atoms with Crippen molar-refractivity contribution in [2.75, 3.05) is 6.61 Å². The zero-order chi connectivity index (χ0) is 24.0. The number of carbonyl (C=O) groups is 1. The molecular formula is C31H50O3. The monoisotopic (exact) mass is 470 g/mol. The molecule has 1 aromatic carbocycles. The van der Waals surface area contributed by atoms with Gasteiger partial charge >= 0.3 is 5.97 Å². The van der Waals surface area contributed by atoms with Gasteiger partial charge in [-0.1, -0.05) is 84.5 Å². The Bertz CT molecular complexity index is 674. The summed E-state index contributed by atoms with van der Waals surface area (Å²) >= 11 is 0. The molecule has 2 unspecified atom stereocenters. The fourth-order valence-electron chi connectivity index (χ4n) is 6.20. The number of benzene rings is 1. The lowest BCUT2D eigenvalue weighted by Gasteiger charge is -2.31. The van der Waals surface area contributed by atoms with Gasteiger partial charge in [-0.3, -0.25) is 4.79 Å². The standard InChI is InChI=1S/C31H50O3/c1-3-5-6-7-8-12-26-13-9-10-14-27(26)15-11-24-33-29-20-22-30(23-21-29)34-31(32)28-18-16-25(4-2)17-19-28/h20-23,25-28H,3-19,24H2,1-2H3. The van der Waals surface area contributed by atoms with Crippen molar-refractivity contribution in [3.63, 3.8) is 0 Å². The van der Waals surface area contributed by atoms with Crippen molar-refractivity contribution in [1.82, 2.24) is 0 Å². The van der Waals surface area contributed by atoms with Crippen molar-refractivity contribution in [3.8, 4) is 11.5 Å². The first-order valence-corrected chi connectivity index (χ1v) is 14.6. The maximum absolute atomic E-state index is 12.5. The van der Waals surface area contributed by atoms with Crippen LogP contribution < -0.4 is 9.47 Å². The van der Waals surface area contributed by atoms with Crippen molar-refractivity contribution < 1.29 is 14.3 Å². The normalized spacial score (nSPS) is 25.1. The summed E-state index contributed by atoms with van der Waals surface area (Å²) in [6.07, 6.45) is 22.1. The minimum Gasteiger partial charge on any atom is -0.494 e. The summed E-state index contributed by atoms with van der Waals surface area (Å²) in [5.41, 5.74) is 0. The molecule has 0 saturated heterocycles. The van der Waals surface area contributed by atoms with Gasteiger partial charge in [0.1, 0.15) is 11.5 Å². The first-order chi connectivity index (χ1) is 16.7. The molecule has 0 N–H and O–H groups in total. The van der Waals surface area contributed by atoms with E-state index in [4.69, 9.17) is 9.47 Å². The van der Waals surface area contributed by atoms with Gasteiger partial charge in [0.15, 0.2) is 0 Å². The number of hydrogen-bond donors (Lipinski definition) is 0. The van der Waals surface area contributed by atoms with E-state index >= 15 is 0 Å². The first-order valence-electron chi connectivity index (χ1n) is 14.6. The third-order valence-corrected chi connectivity index (χ3v) is 8.53. The molecule has 3 rings (SSSR count). The van der Waals surface area contributed by atoms with E-state index in [1.54, 1.807) is 0 Å². The highest BCUT2D eigenvalue weighted by Gasteiger charge is 2.27. The largest absolute Gasteiger partial charge is 0.494 e. The third kappa shape index (κ3) is 9.27. The molecule has 2 atom stereocenters. The van der Waals surface area contributed by atoms with E-state index in [0.29, 0.717) is 5.75 Å². The van der Waals surface area contributed by atoms with E-state index in [1.165, 1.54) is 77.0 Å². The fourth-order valence-corrected chi connectivity index (χ4v) is 6.20. The van der Waals surface area contributed by atoms with Gasteiger partial charge in [0.2, 0.25) is 0 Å². The Labute approximate surface area is 209 Å². The number of unbranched alkanes of at least 4 members (excludes halogenated alkanes) is 4. The van der Waals surface area contributed by atoms with Crippen LogP contribution in [0.5, 0.6) is 11.5 Å². The van der Waals surface area contributed by atoms with Crippen molar-refractivity contribution in [2.45, 2.75) is 123 Å². The second kappa shape index (κ2) is 15.5. The highest BCUT2D eigenvalue weighted by atomic mass is 16.5. The SMILES string of the molecule is CCCCCCCC1CCCCC1CCCOc1ccc(OC(=O)C2CCC(CC)CC2)cc1. The summed E-state index contributed by atoms with van der Waals surface area (Å²) in [4.78, 5) is 12.5. The van der Waals surface area contributed by atoms with E-state index in [-0.39, 0.29) is 11.9 Å². The van der Waals surface area contributed by atoms with Crippen molar-refractivity contribution in [1.29, 1.82) is 0 Å². The van der Waals surface area contributed by atoms with Gasteiger partial charge in [0.25, 0.3) is 0 Å². The summed E-state index contributed by atoms with van der Waals surface area (Å²) in [6.45, 7) is 5.32. The molecule has 34 heavy (non-hydrogen) atoms. The molecule has 192 valence electrons. The zero-order valence-corrected chi connectivity index (χ0v) is 22.1. The topological polar surface area (TPSA) is 35.5 Å². The quantitative estimate of drug-likeness (QED) is 0.154. The van der Waals surface area contributed by atoms with Gasteiger partial charge in [-0.25, -0.2) is 0 Å². The van der Waals surface area contributed by atoms with Crippen LogP contribution in [0.2, 0.25) is 0 Å². The second-order valence-electron chi connectivity index (χ2n) is 11.0. The number of esters is 1. The van der Waals surface area contributed by atoms with Gasteiger partial charge in [-0.2, -0.15) is 0 Å². The smallest absolute Gasteiger partial charge is 0.314 e. The van der Waals surface area contributed by atoms with E-state index in [1.807, 2.05) is 24.3 Å². The predicted molar refractivity (Wildman–Crippen MR) is 141 cm³/mol. The summed E-state index contributed by atoms with van der Waals surface area (Å²) < 4.78 is 11.7.